The second-order valence-electron chi connectivity index (χ2n) is 5.01. The first-order chi connectivity index (χ1) is 11.9. The van der Waals surface area contributed by atoms with E-state index in [2.05, 4.69) is 14.4 Å². The Hall–Kier alpha value is -2.94. The number of hydrogen-bond acceptors (Lipinski definition) is 5. The van der Waals surface area contributed by atoms with Gasteiger partial charge in [-0.2, -0.15) is 13.5 Å². The molecule has 130 valence electrons. The molecule has 0 aliphatic heterocycles. The van der Waals surface area contributed by atoms with E-state index < -0.39 is 16.3 Å². The van der Waals surface area contributed by atoms with Crippen LogP contribution < -0.4 is 8.92 Å². The van der Waals surface area contributed by atoms with Gasteiger partial charge < -0.3 is 8.92 Å². The van der Waals surface area contributed by atoms with Gasteiger partial charge in [0, 0.05) is 17.3 Å². The van der Waals surface area contributed by atoms with Crippen molar-refractivity contribution < 1.29 is 25.6 Å². The van der Waals surface area contributed by atoms with Crippen molar-refractivity contribution in [1.82, 2.24) is 10.2 Å². The van der Waals surface area contributed by atoms with Crippen LogP contribution in [-0.2, 0) is 17.1 Å². The molecule has 1 heterocycles. The van der Waals surface area contributed by atoms with Crippen LogP contribution in [0.15, 0.2) is 54.7 Å². The Morgan fingerprint density at radius 1 is 1.04 bits per heavy atom. The highest BCUT2D eigenvalue weighted by Crippen LogP contribution is 2.23. The van der Waals surface area contributed by atoms with E-state index in [4.69, 9.17) is 4.74 Å². The zero-order valence-electron chi connectivity index (χ0n) is 12.6. The molecule has 0 fully saturated rings. The first-order valence-corrected chi connectivity index (χ1v) is 8.37. The van der Waals surface area contributed by atoms with E-state index in [1.807, 2.05) is 0 Å². The Kier molecular flexibility index (Phi) is 4.66. The van der Waals surface area contributed by atoms with Crippen LogP contribution in [0.5, 0.6) is 11.5 Å². The summed E-state index contributed by atoms with van der Waals surface area (Å²) in [5.41, 5.74) is 1.84. The molecule has 0 radical (unpaired) electrons. The van der Waals surface area contributed by atoms with Crippen LogP contribution in [0.25, 0.3) is 11.3 Å². The molecular formula is C16H12F2N2O4S. The lowest BCUT2D eigenvalue weighted by atomic mass is 10.1. The summed E-state index contributed by atoms with van der Waals surface area (Å²) < 4.78 is 56.7. The average molecular weight is 366 g/mol. The van der Waals surface area contributed by atoms with E-state index in [1.165, 1.54) is 30.3 Å². The molecule has 25 heavy (non-hydrogen) atoms. The molecule has 1 N–H and O–H groups in total. The maximum absolute atomic E-state index is 13.9. The van der Waals surface area contributed by atoms with Crippen LogP contribution in [-0.4, -0.2) is 18.6 Å². The number of hydrogen-bond donors (Lipinski definition) is 1. The van der Waals surface area contributed by atoms with E-state index >= 15 is 0 Å². The van der Waals surface area contributed by atoms with Gasteiger partial charge in [-0.05, 0) is 48.5 Å². The zero-order chi connectivity index (χ0) is 17.9. The first kappa shape index (κ1) is 16.9. The van der Waals surface area contributed by atoms with E-state index in [0.29, 0.717) is 11.3 Å². The van der Waals surface area contributed by atoms with Gasteiger partial charge in [-0.25, -0.2) is 4.39 Å². The third-order valence-corrected chi connectivity index (χ3v) is 3.66. The van der Waals surface area contributed by atoms with Gasteiger partial charge in [-0.1, -0.05) is 3.89 Å². The molecule has 0 amide bonds. The Morgan fingerprint density at radius 2 is 1.76 bits per heavy atom. The Bertz CT molecular complexity index is 958. The van der Waals surface area contributed by atoms with Crippen molar-refractivity contribution in [1.29, 1.82) is 0 Å². The van der Waals surface area contributed by atoms with Crippen molar-refractivity contribution in [2.75, 3.05) is 0 Å². The van der Waals surface area contributed by atoms with Crippen molar-refractivity contribution >= 4 is 10.5 Å². The zero-order valence-corrected chi connectivity index (χ0v) is 13.5. The summed E-state index contributed by atoms with van der Waals surface area (Å²) in [5, 5.41) is 6.64. The highest BCUT2D eigenvalue weighted by Gasteiger charge is 2.10. The highest BCUT2D eigenvalue weighted by atomic mass is 32.3. The molecular weight excluding hydrogens is 354 g/mol. The van der Waals surface area contributed by atoms with Crippen molar-refractivity contribution in [3.05, 3.63) is 66.1 Å². The fourth-order valence-electron chi connectivity index (χ4n) is 2.14. The Balaban J connectivity index is 1.70. The number of nitrogens with one attached hydrogen (secondary N) is 1. The summed E-state index contributed by atoms with van der Waals surface area (Å²) in [4.78, 5) is 0. The van der Waals surface area contributed by atoms with Gasteiger partial charge in [0.25, 0.3) is 0 Å². The fourth-order valence-corrected chi connectivity index (χ4v) is 2.48. The number of aromatic nitrogens is 2. The third kappa shape index (κ3) is 4.54. The van der Waals surface area contributed by atoms with Gasteiger partial charge in [-0.3, -0.25) is 5.10 Å². The summed E-state index contributed by atoms with van der Waals surface area (Å²) in [6.07, 6.45) is 1.59. The minimum absolute atomic E-state index is 0.0462. The molecule has 0 spiro atoms. The lowest BCUT2D eigenvalue weighted by molar-refractivity contribution is 0.299. The summed E-state index contributed by atoms with van der Waals surface area (Å²) >= 11 is 0. The van der Waals surface area contributed by atoms with Crippen LogP contribution in [0.3, 0.4) is 0 Å². The molecule has 1 aromatic heterocycles. The molecule has 0 bridgehead atoms. The highest BCUT2D eigenvalue weighted by molar-refractivity contribution is 7.81. The SMILES string of the molecule is O=S(=O)(F)Oc1ccc(OCc2cc(-c3ccn[nH]3)ccc2F)cc1. The molecule has 9 heteroatoms. The lowest BCUT2D eigenvalue weighted by Crippen LogP contribution is -2.01. The smallest absolute Gasteiger partial charge is 0.488 e. The molecule has 0 unspecified atom stereocenters. The monoisotopic (exact) mass is 366 g/mol. The lowest BCUT2D eigenvalue weighted by Gasteiger charge is -2.09. The predicted octanol–water partition coefficient (Wildman–Crippen LogP) is 3.39. The summed E-state index contributed by atoms with van der Waals surface area (Å²) in [6, 6.07) is 11.6. The second-order valence-corrected chi connectivity index (χ2v) is 5.97. The Morgan fingerprint density at radius 3 is 2.40 bits per heavy atom. The van der Waals surface area contributed by atoms with Gasteiger partial charge in [0.15, 0.2) is 0 Å². The minimum atomic E-state index is -5.08. The predicted molar refractivity (Wildman–Crippen MR) is 85.4 cm³/mol. The third-order valence-electron chi connectivity index (χ3n) is 3.27. The molecule has 2 aromatic carbocycles. The standard InChI is InChI=1S/C16H12F2N2O4S/c17-15-6-1-11(16-7-8-19-20-16)9-12(15)10-23-13-2-4-14(5-3-13)24-25(18,21)22/h1-9H,10H2,(H,19,20). The van der Waals surface area contributed by atoms with E-state index in [1.54, 1.807) is 24.4 Å². The van der Waals surface area contributed by atoms with Crippen LogP contribution in [0.4, 0.5) is 8.28 Å². The van der Waals surface area contributed by atoms with Gasteiger partial charge in [0.1, 0.15) is 23.9 Å². The molecule has 0 saturated heterocycles. The van der Waals surface area contributed by atoms with E-state index in [0.717, 1.165) is 11.3 Å². The maximum atomic E-state index is 13.9. The van der Waals surface area contributed by atoms with E-state index in [-0.39, 0.29) is 12.4 Å². The van der Waals surface area contributed by atoms with Crippen molar-refractivity contribution in [3.63, 3.8) is 0 Å². The maximum Gasteiger partial charge on any atom is 0.488 e. The van der Waals surface area contributed by atoms with Crippen LogP contribution in [0, 0.1) is 5.82 Å². The summed E-state index contributed by atoms with van der Waals surface area (Å²) in [7, 11) is -5.08. The van der Waals surface area contributed by atoms with Gasteiger partial charge >= 0.3 is 10.5 Å². The molecule has 0 aliphatic carbocycles. The summed E-state index contributed by atoms with van der Waals surface area (Å²) in [5.74, 6) is -0.274. The molecule has 0 saturated carbocycles. The van der Waals surface area contributed by atoms with Crippen molar-refractivity contribution in [3.8, 4) is 22.8 Å². The number of aromatic amines is 1. The molecule has 0 atom stereocenters. The Labute approximate surface area is 142 Å². The van der Waals surface area contributed by atoms with E-state index in [9.17, 15) is 16.7 Å². The number of halogens is 2. The average Bonchev–Trinajstić information content (AvgIpc) is 3.08. The topological polar surface area (TPSA) is 81.3 Å². The molecule has 6 nitrogen and oxygen atoms in total. The normalized spacial score (nSPS) is 11.3. The number of rotatable bonds is 6. The number of ether oxygens (including phenoxy) is 1. The second kappa shape index (κ2) is 6.89. The van der Waals surface area contributed by atoms with Crippen LogP contribution in [0.2, 0.25) is 0 Å². The molecule has 0 aliphatic rings. The molecule has 3 aromatic rings. The minimum Gasteiger partial charge on any atom is -0.489 e. The quantitative estimate of drug-likeness (QED) is 0.677. The first-order valence-electron chi connectivity index (χ1n) is 7.06. The van der Waals surface area contributed by atoms with Crippen molar-refractivity contribution in [2.24, 2.45) is 0 Å². The van der Waals surface area contributed by atoms with Gasteiger partial charge in [0.2, 0.25) is 0 Å². The summed E-state index contributed by atoms with van der Waals surface area (Å²) in [6.45, 7) is -0.0462. The van der Waals surface area contributed by atoms with Gasteiger partial charge in [0.05, 0.1) is 5.69 Å². The number of H-pyrrole nitrogens is 1. The van der Waals surface area contributed by atoms with Gasteiger partial charge in [-0.15, -0.1) is 0 Å². The number of nitrogens with zero attached hydrogens (tertiary/aromatic N) is 1. The fraction of sp³-hybridized carbons (Fsp3) is 0.0625. The number of benzene rings is 2. The van der Waals surface area contributed by atoms with Crippen molar-refractivity contribution in [2.45, 2.75) is 6.61 Å². The van der Waals surface area contributed by atoms with Crippen LogP contribution in [0.1, 0.15) is 5.56 Å². The molecule has 3 rings (SSSR count). The largest absolute Gasteiger partial charge is 0.489 e. The van der Waals surface area contributed by atoms with Crippen LogP contribution >= 0.6 is 0 Å².